The number of aliphatic hydroxyl groups is 1. The fraction of sp³-hybridized carbons (Fsp3) is 0.611. The average molecular weight is 356 g/mol. The molecule has 1 aromatic carbocycles. The largest absolute Gasteiger partial charge is 0.388 e. The van der Waals surface area contributed by atoms with E-state index in [9.17, 15) is 9.90 Å². The van der Waals surface area contributed by atoms with Gasteiger partial charge in [0.2, 0.25) is 5.91 Å². The highest BCUT2D eigenvalue weighted by Crippen LogP contribution is 2.41. The van der Waals surface area contributed by atoms with Gasteiger partial charge in [0.1, 0.15) is 0 Å². The molecule has 1 aliphatic rings. The molecular formula is C18H26ClNO2S. The molecule has 0 spiro atoms. The van der Waals surface area contributed by atoms with Crippen molar-refractivity contribution in [2.75, 3.05) is 18.6 Å². The predicted octanol–water partition coefficient (Wildman–Crippen LogP) is 3.77. The van der Waals surface area contributed by atoms with Crippen LogP contribution in [0.5, 0.6) is 0 Å². The van der Waals surface area contributed by atoms with Crippen LogP contribution in [0.2, 0.25) is 5.02 Å². The molecular weight excluding hydrogens is 330 g/mol. The summed E-state index contributed by atoms with van der Waals surface area (Å²) >= 11 is 7.68. The summed E-state index contributed by atoms with van der Waals surface area (Å²) in [5, 5.41) is 14.1. The lowest BCUT2D eigenvalue weighted by Crippen LogP contribution is -2.48. The Kier molecular flexibility index (Phi) is 6.40. The zero-order chi connectivity index (χ0) is 16.9. The van der Waals surface area contributed by atoms with E-state index < -0.39 is 11.0 Å². The minimum Gasteiger partial charge on any atom is -0.388 e. The zero-order valence-corrected chi connectivity index (χ0v) is 15.5. The van der Waals surface area contributed by atoms with Crippen molar-refractivity contribution in [3.05, 3.63) is 34.9 Å². The summed E-state index contributed by atoms with van der Waals surface area (Å²) in [5.74, 6) is 0.910. The molecule has 1 aromatic rings. The van der Waals surface area contributed by atoms with Crippen LogP contribution in [0, 0.1) is 0 Å². The highest BCUT2D eigenvalue weighted by Gasteiger charge is 2.43. The third-order valence-corrected chi connectivity index (χ3v) is 5.63. The molecule has 0 aliphatic heterocycles. The lowest BCUT2D eigenvalue weighted by molar-refractivity contribution is -0.127. The monoisotopic (exact) mass is 355 g/mol. The van der Waals surface area contributed by atoms with Gasteiger partial charge in [-0.2, -0.15) is 11.8 Å². The molecule has 5 heteroatoms. The number of hydrogen-bond acceptors (Lipinski definition) is 3. The van der Waals surface area contributed by atoms with Crippen molar-refractivity contribution >= 4 is 29.3 Å². The molecule has 1 saturated carbocycles. The van der Waals surface area contributed by atoms with Crippen LogP contribution in [0.3, 0.4) is 0 Å². The fourth-order valence-electron chi connectivity index (χ4n) is 3.24. The van der Waals surface area contributed by atoms with Crippen LogP contribution in [0.4, 0.5) is 0 Å². The molecule has 23 heavy (non-hydrogen) atoms. The minimum atomic E-state index is -0.863. The van der Waals surface area contributed by atoms with Crippen molar-refractivity contribution in [1.29, 1.82) is 0 Å². The van der Waals surface area contributed by atoms with Gasteiger partial charge in [-0.3, -0.25) is 4.79 Å². The Morgan fingerprint density at radius 2 is 1.96 bits per heavy atom. The molecule has 0 saturated heterocycles. The van der Waals surface area contributed by atoms with E-state index >= 15 is 0 Å². The lowest BCUT2D eigenvalue weighted by atomic mass is 9.78. The first kappa shape index (κ1) is 18.6. The molecule has 1 aliphatic carbocycles. The topological polar surface area (TPSA) is 49.3 Å². The maximum absolute atomic E-state index is 12.9. The van der Waals surface area contributed by atoms with Gasteiger partial charge in [0, 0.05) is 11.6 Å². The molecule has 0 aromatic heterocycles. The fourth-order valence-corrected chi connectivity index (χ4v) is 4.01. The number of hydrogen-bond donors (Lipinski definition) is 2. The van der Waals surface area contributed by atoms with Gasteiger partial charge in [0.05, 0.1) is 11.0 Å². The van der Waals surface area contributed by atoms with Crippen LogP contribution in [0.15, 0.2) is 24.3 Å². The molecule has 2 rings (SSSR count). The van der Waals surface area contributed by atoms with E-state index in [0.717, 1.165) is 37.0 Å². The van der Waals surface area contributed by atoms with Gasteiger partial charge in [0.15, 0.2) is 0 Å². The molecule has 0 radical (unpaired) electrons. The number of benzene rings is 1. The van der Waals surface area contributed by atoms with Crippen molar-refractivity contribution in [1.82, 2.24) is 5.32 Å². The zero-order valence-electron chi connectivity index (χ0n) is 13.9. The van der Waals surface area contributed by atoms with E-state index in [2.05, 4.69) is 5.32 Å². The van der Waals surface area contributed by atoms with Crippen LogP contribution in [0.1, 0.15) is 44.6 Å². The number of thioether (sulfide) groups is 1. The van der Waals surface area contributed by atoms with Crippen LogP contribution >= 0.6 is 23.4 Å². The van der Waals surface area contributed by atoms with E-state index in [1.807, 2.05) is 30.5 Å². The minimum absolute atomic E-state index is 0.0294. The second-order valence-corrected chi connectivity index (χ2v) is 8.14. The quantitative estimate of drug-likeness (QED) is 0.782. The van der Waals surface area contributed by atoms with Crippen molar-refractivity contribution in [3.8, 4) is 0 Å². The molecule has 1 amide bonds. The summed E-state index contributed by atoms with van der Waals surface area (Å²) in [4.78, 5) is 12.9. The summed E-state index contributed by atoms with van der Waals surface area (Å²) in [7, 11) is 0. The van der Waals surface area contributed by atoms with Crippen molar-refractivity contribution < 1.29 is 9.90 Å². The third kappa shape index (κ3) is 4.65. The standard InChI is InChI=1S/C18H26ClNO2S/c1-17(22,11-12-23-2)13-20-16(21)18(9-3-4-10-18)14-5-7-15(19)8-6-14/h5-8,22H,3-4,9-13H2,1-2H3,(H,20,21)/t17-/m0/s1. The van der Waals surface area contributed by atoms with Gasteiger partial charge in [-0.15, -0.1) is 0 Å². The van der Waals surface area contributed by atoms with E-state index in [-0.39, 0.29) is 5.91 Å². The van der Waals surface area contributed by atoms with Crippen molar-refractivity contribution in [2.24, 2.45) is 0 Å². The SMILES string of the molecule is CSCC[C@](C)(O)CNC(=O)C1(c2ccc(Cl)cc2)CCCC1. The number of carbonyl (C=O) groups is 1. The maximum Gasteiger partial charge on any atom is 0.230 e. The van der Waals surface area contributed by atoms with E-state index in [0.29, 0.717) is 18.0 Å². The van der Waals surface area contributed by atoms with E-state index in [1.165, 1.54) is 0 Å². The predicted molar refractivity (Wildman–Crippen MR) is 98.2 cm³/mol. The molecule has 1 fully saturated rings. The highest BCUT2D eigenvalue weighted by molar-refractivity contribution is 7.98. The Morgan fingerprint density at radius 3 is 2.52 bits per heavy atom. The summed E-state index contributed by atoms with van der Waals surface area (Å²) in [6.45, 7) is 2.08. The van der Waals surface area contributed by atoms with Gasteiger partial charge < -0.3 is 10.4 Å². The smallest absolute Gasteiger partial charge is 0.230 e. The summed E-state index contributed by atoms with van der Waals surface area (Å²) in [5.41, 5.74) is -0.306. The summed E-state index contributed by atoms with van der Waals surface area (Å²) in [6, 6.07) is 7.61. The number of carbonyl (C=O) groups excluding carboxylic acids is 1. The van der Waals surface area contributed by atoms with Crippen LogP contribution in [-0.2, 0) is 10.2 Å². The van der Waals surface area contributed by atoms with Crippen molar-refractivity contribution in [3.63, 3.8) is 0 Å². The lowest BCUT2D eigenvalue weighted by Gasteiger charge is -2.31. The number of amides is 1. The highest BCUT2D eigenvalue weighted by atomic mass is 35.5. The Balaban J connectivity index is 2.09. The second-order valence-electron chi connectivity index (χ2n) is 6.72. The molecule has 1 atom stereocenters. The number of nitrogens with one attached hydrogen (secondary N) is 1. The van der Waals surface area contributed by atoms with Gasteiger partial charge in [0.25, 0.3) is 0 Å². The molecule has 128 valence electrons. The van der Waals surface area contributed by atoms with Gasteiger partial charge >= 0.3 is 0 Å². The van der Waals surface area contributed by atoms with Gasteiger partial charge in [-0.1, -0.05) is 36.6 Å². The molecule has 0 unspecified atom stereocenters. The van der Waals surface area contributed by atoms with E-state index in [4.69, 9.17) is 11.6 Å². The molecule has 0 bridgehead atoms. The molecule has 2 N–H and O–H groups in total. The average Bonchev–Trinajstić information content (AvgIpc) is 3.02. The summed E-state index contributed by atoms with van der Waals surface area (Å²) in [6.07, 6.45) is 6.50. The van der Waals surface area contributed by atoms with Gasteiger partial charge in [-0.25, -0.2) is 0 Å². The Labute approximate surface area is 148 Å². The Hall–Kier alpha value is -0.710. The molecule has 0 heterocycles. The summed E-state index contributed by atoms with van der Waals surface area (Å²) < 4.78 is 0. The second kappa shape index (κ2) is 7.91. The first-order valence-corrected chi connectivity index (χ1v) is 9.92. The normalized spacial score (nSPS) is 19.3. The first-order valence-electron chi connectivity index (χ1n) is 8.15. The van der Waals surface area contributed by atoms with Crippen LogP contribution in [-0.4, -0.2) is 35.2 Å². The van der Waals surface area contributed by atoms with Crippen LogP contribution < -0.4 is 5.32 Å². The van der Waals surface area contributed by atoms with E-state index in [1.54, 1.807) is 18.7 Å². The molecule has 3 nitrogen and oxygen atoms in total. The van der Waals surface area contributed by atoms with Gasteiger partial charge in [-0.05, 0) is 55.9 Å². The number of halogens is 1. The Morgan fingerprint density at radius 1 is 1.35 bits per heavy atom. The van der Waals surface area contributed by atoms with Crippen molar-refractivity contribution in [2.45, 2.75) is 50.0 Å². The Bertz CT molecular complexity index is 524. The third-order valence-electron chi connectivity index (χ3n) is 4.76. The first-order chi connectivity index (χ1) is 10.9. The number of rotatable bonds is 7. The van der Waals surface area contributed by atoms with Crippen LogP contribution in [0.25, 0.3) is 0 Å². The maximum atomic E-state index is 12.9.